The van der Waals surface area contributed by atoms with Gasteiger partial charge in [-0.05, 0) is 6.42 Å². The van der Waals surface area contributed by atoms with Crippen molar-refractivity contribution in [3.8, 4) is 0 Å². The fourth-order valence-electron chi connectivity index (χ4n) is 0.223. The first-order chi connectivity index (χ1) is 3.27. The number of rotatable bonds is 3. The van der Waals surface area contributed by atoms with Gasteiger partial charge in [0.2, 0.25) is 0 Å². The Hall–Kier alpha value is 0.270. The molecular formula is C4H10O2S. The van der Waals surface area contributed by atoms with Crippen LogP contribution in [-0.4, -0.2) is 17.1 Å². The van der Waals surface area contributed by atoms with Crippen molar-refractivity contribution in [1.82, 2.24) is 0 Å². The molecule has 1 unspecified atom stereocenters. The van der Waals surface area contributed by atoms with Crippen LogP contribution in [0.15, 0.2) is 0 Å². The van der Waals surface area contributed by atoms with Crippen LogP contribution in [0, 0.1) is 0 Å². The fourth-order valence-corrected chi connectivity index (χ4v) is 0.329. The van der Waals surface area contributed by atoms with E-state index in [-0.39, 0.29) is 0 Å². The Bertz CT molecular complexity index is 38.7. The molecule has 0 heterocycles. The van der Waals surface area contributed by atoms with Crippen LogP contribution in [0.4, 0.5) is 0 Å². The smallest absolute Gasteiger partial charge is 0.0830 e. The number of hydrogen-bond acceptors (Lipinski definition) is 3. The molecule has 2 nitrogen and oxygen atoms in total. The first-order valence-corrected chi connectivity index (χ1v) is 2.73. The maximum Gasteiger partial charge on any atom is 0.0830 e. The van der Waals surface area contributed by atoms with Gasteiger partial charge in [-0.1, -0.05) is 6.92 Å². The Kier molecular flexibility index (Phi) is 4.60. The Balaban J connectivity index is 2.68. The molecule has 0 saturated carbocycles. The van der Waals surface area contributed by atoms with E-state index >= 15 is 0 Å². The number of hydrogen-bond donors (Lipinski definition) is 2. The predicted molar refractivity (Wildman–Crippen MR) is 31.6 cm³/mol. The van der Waals surface area contributed by atoms with Gasteiger partial charge in [0.15, 0.2) is 0 Å². The Morgan fingerprint density at radius 2 is 2.43 bits per heavy atom. The minimum atomic E-state index is 0.312. The zero-order valence-electron chi connectivity index (χ0n) is 4.29. The normalized spacial score (nSPS) is 14.1. The van der Waals surface area contributed by atoms with Gasteiger partial charge in [-0.3, -0.25) is 5.26 Å². The van der Waals surface area contributed by atoms with E-state index < -0.39 is 0 Å². The van der Waals surface area contributed by atoms with E-state index in [4.69, 9.17) is 5.26 Å². The van der Waals surface area contributed by atoms with Crippen molar-refractivity contribution in [2.75, 3.05) is 6.61 Å². The highest BCUT2D eigenvalue weighted by molar-refractivity contribution is 7.80. The molecule has 0 rings (SSSR count). The van der Waals surface area contributed by atoms with Crippen molar-refractivity contribution in [1.29, 1.82) is 0 Å². The van der Waals surface area contributed by atoms with Gasteiger partial charge < -0.3 is 0 Å². The van der Waals surface area contributed by atoms with E-state index in [0.717, 1.165) is 6.42 Å². The van der Waals surface area contributed by atoms with E-state index in [1.54, 1.807) is 0 Å². The largest absolute Gasteiger partial charge is 0.252 e. The van der Waals surface area contributed by atoms with E-state index in [1.807, 2.05) is 6.92 Å². The first kappa shape index (κ1) is 7.27. The maximum absolute atomic E-state index is 7.78. The van der Waals surface area contributed by atoms with E-state index in [9.17, 15) is 0 Å². The Morgan fingerprint density at radius 1 is 1.86 bits per heavy atom. The molecule has 1 N–H and O–H groups in total. The van der Waals surface area contributed by atoms with Crippen LogP contribution in [0.25, 0.3) is 0 Å². The van der Waals surface area contributed by atoms with E-state index in [0.29, 0.717) is 11.9 Å². The van der Waals surface area contributed by atoms with Gasteiger partial charge in [0.25, 0.3) is 0 Å². The highest BCUT2D eigenvalue weighted by Gasteiger charge is 1.91. The molecule has 3 heteroatoms. The average molecular weight is 122 g/mol. The van der Waals surface area contributed by atoms with Gasteiger partial charge in [0, 0.05) is 5.25 Å². The Morgan fingerprint density at radius 3 is 2.57 bits per heavy atom. The summed E-state index contributed by atoms with van der Waals surface area (Å²) in [4.78, 5) is 3.80. The van der Waals surface area contributed by atoms with Gasteiger partial charge in [-0.2, -0.15) is 12.6 Å². The van der Waals surface area contributed by atoms with Gasteiger partial charge in [0.05, 0.1) is 6.61 Å². The van der Waals surface area contributed by atoms with Crippen LogP contribution >= 0.6 is 12.6 Å². The van der Waals surface area contributed by atoms with Crippen molar-refractivity contribution >= 4 is 12.6 Å². The molecule has 0 aliphatic rings. The lowest BCUT2D eigenvalue weighted by molar-refractivity contribution is -0.242. The summed E-state index contributed by atoms with van der Waals surface area (Å²) < 4.78 is 0. The second-order valence-corrected chi connectivity index (χ2v) is 2.35. The molecule has 0 radical (unpaired) electrons. The van der Waals surface area contributed by atoms with Gasteiger partial charge in [-0.15, -0.1) is 0 Å². The third-order valence-corrected chi connectivity index (χ3v) is 0.885. The third kappa shape index (κ3) is 6.27. The lowest BCUT2D eigenvalue weighted by Crippen LogP contribution is -1.97. The van der Waals surface area contributed by atoms with Crippen molar-refractivity contribution < 1.29 is 10.1 Å². The summed E-state index contributed by atoms with van der Waals surface area (Å²) in [7, 11) is 0. The molecule has 44 valence electrons. The van der Waals surface area contributed by atoms with Crippen molar-refractivity contribution in [3.05, 3.63) is 0 Å². The summed E-state index contributed by atoms with van der Waals surface area (Å²) in [6, 6.07) is 0. The molecule has 0 fully saturated rings. The monoisotopic (exact) mass is 122 g/mol. The molecule has 0 aromatic rings. The standard InChI is InChI=1S/C4H10O2S/c1-4(7)2-3-6-5/h4-5,7H,2-3H2,1H3. The SMILES string of the molecule is CC(S)CCOO. The van der Waals surface area contributed by atoms with E-state index in [1.165, 1.54) is 0 Å². The minimum absolute atomic E-state index is 0.312. The summed E-state index contributed by atoms with van der Waals surface area (Å²) >= 11 is 4.04. The summed E-state index contributed by atoms with van der Waals surface area (Å²) in [5.74, 6) is 0. The second-order valence-electron chi connectivity index (χ2n) is 1.47. The summed E-state index contributed by atoms with van der Waals surface area (Å²) in [5.41, 5.74) is 0. The van der Waals surface area contributed by atoms with Crippen molar-refractivity contribution in [3.63, 3.8) is 0 Å². The van der Waals surface area contributed by atoms with Crippen LogP contribution < -0.4 is 0 Å². The average Bonchev–Trinajstić information content (AvgIpc) is 1.61. The zero-order chi connectivity index (χ0) is 5.70. The highest BCUT2D eigenvalue weighted by atomic mass is 32.1. The molecule has 0 aliphatic carbocycles. The van der Waals surface area contributed by atoms with Crippen LogP contribution in [0.3, 0.4) is 0 Å². The zero-order valence-corrected chi connectivity index (χ0v) is 5.19. The van der Waals surface area contributed by atoms with Gasteiger partial charge in [-0.25, -0.2) is 4.89 Å². The van der Waals surface area contributed by atoms with Crippen LogP contribution in [0.5, 0.6) is 0 Å². The first-order valence-electron chi connectivity index (χ1n) is 2.22. The molecule has 0 aromatic heterocycles. The lowest BCUT2D eigenvalue weighted by atomic mass is 10.3. The third-order valence-electron chi connectivity index (χ3n) is 0.627. The molecule has 0 spiro atoms. The van der Waals surface area contributed by atoms with Crippen LogP contribution in [0.1, 0.15) is 13.3 Å². The molecule has 0 saturated heterocycles. The molecule has 0 aromatic carbocycles. The molecule has 0 aliphatic heterocycles. The maximum atomic E-state index is 7.78. The summed E-state index contributed by atoms with van der Waals surface area (Å²) in [6.45, 7) is 2.33. The van der Waals surface area contributed by atoms with Crippen LogP contribution in [-0.2, 0) is 4.89 Å². The van der Waals surface area contributed by atoms with Crippen molar-refractivity contribution in [2.24, 2.45) is 0 Å². The quantitative estimate of drug-likeness (QED) is 0.334. The van der Waals surface area contributed by atoms with E-state index in [2.05, 4.69) is 17.5 Å². The highest BCUT2D eigenvalue weighted by Crippen LogP contribution is 1.97. The second kappa shape index (κ2) is 4.43. The van der Waals surface area contributed by atoms with Gasteiger partial charge >= 0.3 is 0 Å². The molecule has 0 amide bonds. The number of thiol groups is 1. The molecule has 7 heavy (non-hydrogen) atoms. The van der Waals surface area contributed by atoms with Crippen LogP contribution in [0.2, 0.25) is 0 Å². The molecule has 1 atom stereocenters. The molecular weight excluding hydrogens is 112 g/mol. The lowest BCUT2D eigenvalue weighted by Gasteiger charge is -1.97. The molecule has 0 bridgehead atoms. The fraction of sp³-hybridized carbons (Fsp3) is 1.00. The summed E-state index contributed by atoms with van der Waals surface area (Å²) in [5, 5.41) is 8.09. The van der Waals surface area contributed by atoms with Crippen molar-refractivity contribution in [2.45, 2.75) is 18.6 Å². The van der Waals surface area contributed by atoms with Gasteiger partial charge in [0.1, 0.15) is 0 Å². The predicted octanol–water partition coefficient (Wildman–Crippen LogP) is 1.18. The Labute approximate surface area is 48.8 Å². The topological polar surface area (TPSA) is 29.5 Å². The summed E-state index contributed by atoms with van der Waals surface area (Å²) in [6.07, 6.45) is 0.791. The minimum Gasteiger partial charge on any atom is -0.252 e.